The van der Waals surface area contributed by atoms with Crippen molar-refractivity contribution in [3.05, 3.63) is 50.9 Å². The zero-order chi connectivity index (χ0) is 20.3. The summed E-state index contributed by atoms with van der Waals surface area (Å²) < 4.78 is 12.5. The van der Waals surface area contributed by atoms with Crippen LogP contribution in [0.5, 0.6) is 11.5 Å². The first-order valence-electron chi connectivity index (χ1n) is 9.07. The number of imidazole rings is 1. The summed E-state index contributed by atoms with van der Waals surface area (Å²) in [6.07, 6.45) is 2.81. The second-order valence-corrected chi connectivity index (χ2v) is 7.81. The molecule has 0 fully saturated rings. The third kappa shape index (κ3) is 4.30. The van der Waals surface area contributed by atoms with E-state index in [4.69, 9.17) is 9.47 Å². The lowest BCUT2D eigenvalue weighted by molar-refractivity contribution is 0.206. The van der Waals surface area contributed by atoms with Crippen molar-refractivity contribution < 1.29 is 9.47 Å². The lowest BCUT2D eigenvalue weighted by Crippen LogP contribution is -2.11. The highest BCUT2D eigenvalue weighted by Crippen LogP contribution is 2.36. The molecule has 0 amide bonds. The fraction of sp³-hybridized carbons (Fsp3) is 0.273. The number of aromatic nitrogens is 2. The molecule has 0 bridgehead atoms. The van der Waals surface area contributed by atoms with Crippen LogP contribution in [0.2, 0.25) is 0 Å². The molecule has 0 saturated carbocycles. The average Bonchev–Trinajstić information content (AvgIpc) is 3.10. The van der Waals surface area contributed by atoms with E-state index in [9.17, 15) is 5.26 Å². The van der Waals surface area contributed by atoms with Crippen LogP contribution in [0, 0.1) is 21.8 Å². The first-order valence-corrected chi connectivity index (χ1v) is 10.2. The Balaban J connectivity index is 2.02. The molecule has 144 valence electrons. The van der Waals surface area contributed by atoms with Crippen LogP contribution in [0.25, 0.3) is 22.7 Å². The number of hydrogen-bond donors (Lipinski definition) is 1. The smallest absolute Gasteiger partial charge is 0.174 e. The Kier molecular flexibility index (Phi) is 6.25. The summed E-state index contributed by atoms with van der Waals surface area (Å²) in [6, 6.07) is 12.1. The van der Waals surface area contributed by atoms with Crippen molar-refractivity contribution >= 4 is 45.3 Å². The summed E-state index contributed by atoms with van der Waals surface area (Å²) in [6.45, 7) is 6.13. The highest BCUT2D eigenvalue weighted by molar-refractivity contribution is 14.1. The molecule has 0 spiro atoms. The van der Waals surface area contributed by atoms with Crippen LogP contribution >= 0.6 is 22.6 Å². The van der Waals surface area contributed by atoms with E-state index in [0.29, 0.717) is 17.1 Å². The molecule has 3 rings (SSSR count). The van der Waals surface area contributed by atoms with Crippen molar-refractivity contribution in [2.24, 2.45) is 0 Å². The topological polar surface area (TPSA) is 70.9 Å². The van der Waals surface area contributed by atoms with E-state index < -0.39 is 0 Å². The van der Waals surface area contributed by atoms with Gasteiger partial charge in [-0.2, -0.15) is 5.26 Å². The predicted molar refractivity (Wildman–Crippen MR) is 120 cm³/mol. The molecular formula is C22H22IN3O2. The second kappa shape index (κ2) is 8.65. The average molecular weight is 487 g/mol. The van der Waals surface area contributed by atoms with Gasteiger partial charge in [0.05, 0.1) is 33.4 Å². The number of nitriles is 1. The number of aromatic amines is 1. The maximum absolute atomic E-state index is 9.69. The Hall–Kier alpha value is -2.53. The van der Waals surface area contributed by atoms with Gasteiger partial charge in [0.1, 0.15) is 11.9 Å². The minimum atomic E-state index is 0.0949. The molecule has 2 aromatic carbocycles. The van der Waals surface area contributed by atoms with Gasteiger partial charge in [0.2, 0.25) is 0 Å². The van der Waals surface area contributed by atoms with E-state index in [1.807, 2.05) is 50.3 Å². The lowest BCUT2D eigenvalue weighted by atomic mass is 10.1. The molecule has 1 N–H and O–H groups in total. The maximum atomic E-state index is 9.69. The number of aryl methyl sites for hydroxylation is 1. The van der Waals surface area contributed by atoms with E-state index >= 15 is 0 Å². The van der Waals surface area contributed by atoms with E-state index in [2.05, 4.69) is 45.6 Å². The van der Waals surface area contributed by atoms with Crippen molar-refractivity contribution in [3.63, 3.8) is 0 Å². The third-order valence-electron chi connectivity index (χ3n) is 4.47. The van der Waals surface area contributed by atoms with E-state index in [0.717, 1.165) is 37.9 Å². The van der Waals surface area contributed by atoms with E-state index in [1.165, 1.54) is 0 Å². The summed E-state index contributed by atoms with van der Waals surface area (Å²) in [5.74, 6) is 1.93. The van der Waals surface area contributed by atoms with Gasteiger partial charge < -0.3 is 14.5 Å². The Labute approximate surface area is 178 Å². The number of hydrogen-bond acceptors (Lipinski definition) is 4. The van der Waals surface area contributed by atoms with Crippen LogP contribution in [0.1, 0.15) is 37.2 Å². The molecule has 0 radical (unpaired) electrons. The van der Waals surface area contributed by atoms with Gasteiger partial charge >= 0.3 is 0 Å². The fourth-order valence-electron chi connectivity index (χ4n) is 2.79. The highest BCUT2D eigenvalue weighted by Gasteiger charge is 2.15. The minimum absolute atomic E-state index is 0.0949. The third-order valence-corrected chi connectivity index (χ3v) is 5.27. The Morgan fingerprint density at radius 3 is 2.82 bits per heavy atom. The van der Waals surface area contributed by atoms with Gasteiger partial charge in [-0.1, -0.05) is 13.0 Å². The Morgan fingerprint density at radius 2 is 2.14 bits per heavy atom. The van der Waals surface area contributed by atoms with Gasteiger partial charge in [-0.25, -0.2) is 4.98 Å². The highest BCUT2D eigenvalue weighted by atomic mass is 127. The monoisotopic (exact) mass is 487 g/mol. The fourth-order valence-corrected chi connectivity index (χ4v) is 3.55. The standard InChI is InChI=1S/C22H22IN3O2/c1-5-14(3)28-21-17(23)10-15(11-20(21)27-4)9-16(12-24)22-25-18-7-6-13(2)8-19(18)26-22/h6-11,14H,5H2,1-4H3,(H,25,26). The summed E-state index contributed by atoms with van der Waals surface area (Å²) in [7, 11) is 1.62. The maximum Gasteiger partial charge on any atom is 0.174 e. The summed E-state index contributed by atoms with van der Waals surface area (Å²) in [5.41, 5.74) is 4.21. The van der Waals surface area contributed by atoms with Gasteiger partial charge in [-0.3, -0.25) is 0 Å². The molecule has 28 heavy (non-hydrogen) atoms. The molecule has 6 heteroatoms. The zero-order valence-corrected chi connectivity index (χ0v) is 18.5. The Bertz CT molecular complexity index is 1080. The number of halogens is 1. The van der Waals surface area contributed by atoms with Crippen molar-refractivity contribution in [1.29, 1.82) is 5.26 Å². The van der Waals surface area contributed by atoms with Crippen molar-refractivity contribution in [1.82, 2.24) is 9.97 Å². The normalized spacial score (nSPS) is 12.6. The number of fused-ring (bicyclic) bond motifs is 1. The molecule has 0 aliphatic heterocycles. The van der Waals surface area contributed by atoms with Crippen LogP contribution in [0.3, 0.4) is 0 Å². The van der Waals surface area contributed by atoms with E-state index in [1.54, 1.807) is 7.11 Å². The van der Waals surface area contributed by atoms with Gasteiger partial charge in [0.25, 0.3) is 0 Å². The molecule has 0 saturated heterocycles. The SMILES string of the molecule is CCC(C)Oc1c(I)cc(C=C(C#N)c2nc3ccc(C)cc3[nH]2)cc1OC. The van der Waals surface area contributed by atoms with Crippen LogP contribution in [-0.2, 0) is 0 Å². The van der Waals surface area contributed by atoms with Crippen molar-refractivity contribution in [3.8, 4) is 17.6 Å². The number of methoxy groups -OCH3 is 1. The minimum Gasteiger partial charge on any atom is -0.493 e. The molecular weight excluding hydrogens is 465 g/mol. The largest absolute Gasteiger partial charge is 0.493 e. The molecule has 5 nitrogen and oxygen atoms in total. The molecule has 0 aliphatic rings. The lowest BCUT2D eigenvalue weighted by Gasteiger charge is -2.17. The van der Waals surface area contributed by atoms with Crippen LogP contribution in [-0.4, -0.2) is 23.2 Å². The van der Waals surface area contributed by atoms with Crippen LogP contribution in [0.4, 0.5) is 0 Å². The number of allylic oxidation sites excluding steroid dienone is 1. The van der Waals surface area contributed by atoms with Gasteiger partial charge in [0.15, 0.2) is 11.5 Å². The molecule has 1 heterocycles. The predicted octanol–water partition coefficient (Wildman–Crippen LogP) is 5.73. The number of nitrogens with one attached hydrogen (secondary N) is 1. The Morgan fingerprint density at radius 1 is 1.36 bits per heavy atom. The number of ether oxygens (including phenoxy) is 2. The zero-order valence-electron chi connectivity index (χ0n) is 16.3. The number of nitrogens with zero attached hydrogens (tertiary/aromatic N) is 2. The number of benzene rings is 2. The summed E-state index contributed by atoms with van der Waals surface area (Å²) in [4.78, 5) is 7.79. The first kappa shape index (κ1) is 20.2. The molecule has 3 aromatic rings. The van der Waals surface area contributed by atoms with Crippen LogP contribution < -0.4 is 9.47 Å². The van der Waals surface area contributed by atoms with Crippen molar-refractivity contribution in [2.45, 2.75) is 33.3 Å². The van der Waals surface area contributed by atoms with Gasteiger partial charge in [-0.15, -0.1) is 0 Å². The van der Waals surface area contributed by atoms with Crippen molar-refractivity contribution in [2.75, 3.05) is 7.11 Å². The number of rotatable bonds is 6. The number of H-pyrrole nitrogens is 1. The summed E-state index contributed by atoms with van der Waals surface area (Å²) >= 11 is 2.23. The van der Waals surface area contributed by atoms with Gasteiger partial charge in [0, 0.05) is 0 Å². The molecule has 0 aliphatic carbocycles. The van der Waals surface area contributed by atoms with E-state index in [-0.39, 0.29) is 6.10 Å². The molecule has 1 unspecified atom stereocenters. The van der Waals surface area contributed by atoms with Crippen LogP contribution in [0.15, 0.2) is 30.3 Å². The quantitative estimate of drug-likeness (QED) is 0.356. The molecule has 1 aromatic heterocycles. The molecule has 1 atom stereocenters. The first-order chi connectivity index (χ1) is 13.4. The second-order valence-electron chi connectivity index (χ2n) is 6.65. The van der Waals surface area contributed by atoms with Gasteiger partial charge in [-0.05, 0) is 84.3 Å². The summed E-state index contributed by atoms with van der Waals surface area (Å²) in [5, 5.41) is 9.69.